The highest BCUT2D eigenvalue weighted by Crippen LogP contribution is 2.22. The zero-order valence-corrected chi connectivity index (χ0v) is 16.1. The number of piperidine rings is 1. The summed E-state index contributed by atoms with van der Waals surface area (Å²) < 4.78 is 0. The molecule has 138 valence electrons. The number of carbonyl (C=O) groups excluding carboxylic acids is 1. The van der Waals surface area contributed by atoms with Gasteiger partial charge in [-0.15, -0.1) is 0 Å². The molecule has 1 N–H and O–H groups in total. The molecule has 6 heteroatoms. The molecule has 5 nitrogen and oxygen atoms in total. The smallest absolute Gasteiger partial charge is 0.272 e. The lowest BCUT2D eigenvalue weighted by molar-refractivity contribution is 0.0601. The topological polar surface area (TPSA) is 58.1 Å². The van der Waals surface area contributed by atoms with E-state index in [4.69, 9.17) is 11.6 Å². The Morgan fingerprint density at radius 2 is 2.12 bits per heavy atom. The third kappa shape index (κ3) is 4.33. The van der Waals surface area contributed by atoms with Crippen molar-refractivity contribution in [1.29, 1.82) is 0 Å². The van der Waals surface area contributed by atoms with Crippen LogP contribution in [0.2, 0.25) is 5.02 Å². The minimum atomic E-state index is 0.00263. The summed E-state index contributed by atoms with van der Waals surface area (Å²) in [6, 6.07) is 9.73. The molecule has 3 rings (SSSR count). The standard InChI is InChI=1S/C20H25ClN4O/c1-3-16-9-6-7-11-25(16)20(26)18-12-19(24-14(2)23-18)22-13-15-8-4-5-10-17(15)21/h4-5,8,10,12,16H,3,6-7,9,11,13H2,1-2H3,(H,22,23,24). The first-order valence-corrected chi connectivity index (χ1v) is 9.60. The van der Waals surface area contributed by atoms with Crippen LogP contribution < -0.4 is 5.32 Å². The molecule has 0 bridgehead atoms. The fourth-order valence-electron chi connectivity index (χ4n) is 3.43. The van der Waals surface area contributed by atoms with Gasteiger partial charge in [0.2, 0.25) is 0 Å². The van der Waals surface area contributed by atoms with Crippen molar-refractivity contribution in [1.82, 2.24) is 14.9 Å². The summed E-state index contributed by atoms with van der Waals surface area (Å²) in [5, 5.41) is 3.97. The Hall–Kier alpha value is -2.14. The highest BCUT2D eigenvalue weighted by Gasteiger charge is 2.27. The molecule has 1 atom stereocenters. The van der Waals surface area contributed by atoms with Crippen LogP contribution in [0.1, 0.15) is 54.5 Å². The predicted octanol–water partition coefficient (Wildman–Crippen LogP) is 4.46. The van der Waals surface area contributed by atoms with Gasteiger partial charge in [-0.05, 0) is 44.2 Å². The normalized spacial score (nSPS) is 17.2. The summed E-state index contributed by atoms with van der Waals surface area (Å²) in [5.41, 5.74) is 1.44. The zero-order chi connectivity index (χ0) is 18.5. The Bertz CT molecular complexity index is 780. The van der Waals surface area contributed by atoms with Crippen molar-refractivity contribution in [2.75, 3.05) is 11.9 Å². The van der Waals surface area contributed by atoms with Crippen molar-refractivity contribution in [2.45, 2.75) is 52.1 Å². The third-order valence-corrected chi connectivity index (χ3v) is 5.20. The molecule has 2 heterocycles. The number of hydrogen-bond donors (Lipinski definition) is 1. The highest BCUT2D eigenvalue weighted by molar-refractivity contribution is 6.31. The van der Waals surface area contributed by atoms with Crippen LogP contribution in [0.5, 0.6) is 0 Å². The van der Waals surface area contributed by atoms with Gasteiger partial charge in [-0.2, -0.15) is 0 Å². The van der Waals surface area contributed by atoms with E-state index in [2.05, 4.69) is 22.2 Å². The van der Waals surface area contributed by atoms with E-state index in [1.807, 2.05) is 36.1 Å². The van der Waals surface area contributed by atoms with Gasteiger partial charge in [0.15, 0.2) is 0 Å². The van der Waals surface area contributed by atoms with Crippen LogP contribution in [0.3, 0.4) is 0 Å². The fraction of sp³-hybridized carbons (Fsp3) is 0.450. The van der Waals surface area contributed by atoms with E-state index in [0.717, 1.165) is 31.4 Å². The van der Waals surface area contributed by atoms with Gasteiger partial charge >= 0.3 is 0 Å². The Labute approximate surface area is 159 Å². The molecule has 1 saturated heterocycles. The average molecular weight is 373 g/mol. The summed E-state index contributed by atoms with van der Waals surface area (Å²) in [7, 11) is 0. The summed E-state index contributed by atoms with van der Waals surface area (Å²) >= 11 is 6.20. The molecular formula is C20H25ClN4O. The molecule has 0 saturated carbocycles. The maximum Gasteiger partial charge on any atom is 0.272 e. The minimum absolute atomic E-state index is 0.00263. The summed E-state index contributed by atoms with van der Waals surface area (Å²) in [4.78, 5) is 23.8. The van der Waals surface area contributed by atoms with Crippen molar-refractivity contribution in [3.63, 3.8) is 0 Å². The van der Waals surface area contributed by atoms with Gasteiger partial charge in [0, 0.05) is 30.2 Å². The number of halogens is 1. The molecule has 0 aliphatic carbocycles. The number of likely N-dealkylation sites (tertiary alicyclic amines) is 1. The van der Waals surface area contributed by atoms with Gasteiger partial charge in [0.05, 0.1) is 0 Å². The van der Waals surface area contributed by atoms with Gasteiger partial charge in [0.25, 0.3) is 5.91 Å². The van der Waals surface area contributed by atoms with Crippen LogP contribution in [0.25, 0.3) is 0 Å². The first-order chi connectivity index (χ1) is 12.6. The number of aromatic nitrogens is 2. The van der Waals surface area contributed by atoms with E-state index in [-0.39, 0.29) is 5.91 Å². The molecule has 26 heavy (non-hydrogen) atoms. The molecule has 1 aliphatic rings. The van der Waals surface area contributed by atoms with Gasteiger partial charge in [-0.25, -0.2) is 9.97 Å². The molecule has 1 fully saturated rings. The number of nitrogens with zero attached hydrogens (tertiary/aromatic N) is 3. The Morgan fingerprint density at radius 3 is 2.88 bits per heavy atom. The van der Waals surface area contributed by atoms with Crippen LogP contribution in [-0.2, 0) is 6.54 Å². The van der Waals surface area contributed by atoms with E-state index >= 15 is 0 Å². The molecule has 1 aromatic carbocycles. The van der Waals surface area contributed by atoms with Crippen molar-refractivity contribution < 1.29 is 4.79 Å². The van der Waals surface area contributed by atoms with Gasteiger partial charge in [0.1, 0.15) is 17.3 Å². The molecular weight excluding hydrogens is 348 g/mol. The Morgan fingerprint density at radius 1 is 1.31 bits per heavy atom. The van der Waals surface area contributed by atoms with E-state index < -0.39 is 0 Å². The van der Waals surface area contributed by atoms with Gasteiger partial charge in [-0.1, -0.05) is 36.7 Å². The first kappa shape index (κ1) is 18.6. The van der Waals surface area contributed by atoms with E-state index in [9.17, 15) is 4.79 Å². The molecule has 1 amide bonds. The van der Waals surface area contributed by atoms with Crippen LogP contribution in [0, 0.1) is 6.92 Å². The Balaban J connectivity index is 1.76. The molecule has 1 aliphatic heterocycles. The monoisotopic (exact) mass is 372 g/mol. The highest BCUT2D eigenvalue weighted by atomic mass is 35.5. The van der Waals surface area contributed by atoms with Gasteiger partial charge < -0.3 is 10.2 Å². The van der Waals surface area contributed by atoms with E-state index in [1.54, 1.807) is 6.07 Å². The number of rotatable bonds is 5. The van der Waals surface area contributed by atoms with Crippen LogP contribution in [-0.4, -0.2) is 33.4 Å². The SMILES string of the molecule is CCC1CCCCN1C(=O)c1cc(NCc2ccccc2Cl)nc(C)n1. The number of amides is 1. The second kappa shape index (κ2) is 8.49. The van der Waals surface area contributed by atoms with E-state index in [1.165, 1.54) is 6.42 Å². The Kier molecular flexibility index (Phi) is 6.09. The molecule has 1 unspecified atom stereocenters. The molecule has 0 radical (unpaired) electrons. The summed E-state index contributed by atoms with van der Waals surface area (Å²) in [5.74, 6) is 1.23. The van der Waals surface area contributed by atoms with Gasteiger partial charge in [-0.3, -0.25) is 4.79 Å². The molecule has 0 spiro atoms. The van der Waals surface area contributed by atoms with Crippen molar-refractivity contribution in [3.8, 4) is 0 Å². The maximum atomic E-state index is 13.0. The number of anilines is 1. The fourth-order valence-corrected chi connectivity index (χ4v) is 3.64. The lowest BCUT2D eigenvalue weighted by atomic mass is 9.99. The number of benzene rings is 1. The molecule has 2 aromatic rings. The second-order valence-electron chi connectivity index (χ2n) is 6.69. The van der Waals surface area contributed by atoms with Crippen molar-refractivity contribution >= 4 is 23.3 Å². The quantitative estimate of drug-likeness (QED) is 0.842. The second-order valence-corrected chi connectivity index (χ2v) is 7.09. The van der Waals surface area contributed by atoms with Crippen LogP contribution >= 0.6 is 11.6 Å². The van der Waals surface area contributed by atoms with E-state index in [0.29, 0.717) is 34.9 Å². The number of nitrogens with one attached hydrogen (secondary N) is 1. The molecule has 1 aromatic heterocycles. The average Bonchev–Trinajstić information content (AvgIpc) is 2.66. The number of carbonyl (C=O) groups is 1. The summed E-state index contributed by atoms with van der Waals surface area (Å²) in [6.07, 6.45) is 4.30. The van der Waals surface area contributed by atoms with Crippen LogP contribution in [0.4, 0.5) is 5.82 Å². The first-order valence-electron chi connectivity index (χ1n) is 9.22. The third-order valence-electron chi connectivity index (χ3n) is 4.83. The van der Waals surface area contributed by atoms with Crippen LogP contribution in [0.15, 0.2) is 30.3 Å². The maximum absolute atomic E-state index is 13.0. The van der Waals surface area contributed by atoms with Crippen molar-refractivity contribution in [2.24, 2.45) is 0 Å². The minimum Gasteiger partial charge on any atom is -0.366 e. The number of hydrogen-bond acceptors (Lipinski definition) is 4. The lowest BCUT2D eigenvalue weighted by Crippen LogP contribution is -2.43. The summed E-state index contributed by atoms with van der Waals surface area (Å²) in [6.45, 7) is 5.30. The number of aryl methyl sites for hydroxylation is 1. The zero-order valence-electron chi connectivity index (χ0n) is 15.3. The largest absolute Gasteiger partial charge is 0.366 e. The van der Waals surface area contributed by atoms with Crippen molar-refractivity contribution in [3.05, 3.63) is 52.4 Å². The lowest BCUT2D eigenvalue weighted by Gasteiger charge is -2.35. The predicted molar refractivity (Wildman–Crippen MR) is 105 cm³/mol.